The van der Waals surface area contributed by atoms with E-state index in [1.54, 1.807) is 43.5 Å². The zero-order valence-corrected chi connectivity index (χ0v) is 33.4. The fourth-order valence-corrected chi connectivity index (χ4v) is 8.80. The van der Waals surface area contributed by atoms with Crippen molar-refractivity contribution in [2.45, 2.75) is 42.2 Å². The number of phosphoric ester groups is 1. The Hall–Kier alpha value is -5.91. The van der Waals surface area contributed by atoms with Gasteiger partial charge in [-0.25, -0.2) is 4.57 Å². The van der Waals surface area contributed by atoms with Crippen molar-refractivity contribution in [1.29, 1.82) is 0 Å². The number of carbonyl (C=O) groups is 3. The zero-order chi connectivity index (χ0) is 40.5. The Balaban J connectivity index is 1.05. The van der Waals surface area contributed by atoms with Crippen molar-refractivity contribution in [2.75, 3.05) is 18.6 Å². The van der Waals surface area contributed by atoms with Gasteiger partial charge in [0.15, 0.2) is 0 Å². The molecule has 1 aliphatic rings. The molecule has 1 aliphatic heterocycles. The van der Waals surface area contributed by atoms with Gasteiger partial charge in [-0.05, 0) is 75.8 Å². The third-order valence-electron chi connectivity index (χ3n) is 9.69. The molecule has 3 atom stereocenters. The van der Waals surface area contributed by atoms with Crippen molar-refractivity contribution in [1.82, 2.24) is 10.6 Å². The molecule has 0 bridgehead atoms. The molecule has 58 heavy (non-hydrogen) atoms. The first kappa shape index (κ1) is 40.3. The fourth-order valence-electron chi connectivity index (χ4n) is 6.71. The van der Waals surface area contributed by atoms with Crippen LogP contribution in [0.3, 0.4) is 0 Å². The Morgan fingerprint density at radius 2 is 1.47 bits per heavy atom. The van der Waals surface area contributed by atoms with Crippen molar-refractivity contribution in [3.8, 4) is 11.5 Å². The molecule has 0 saturated heterocycles. The molecule has 1 unspecified atom stereocenters. The van der Waals surface area contributed by atoms with Gasteiger partial charge in [0.25, 0.3) is 5.91 Å². The third kappa shape index (κ3) is 10.1. The summed E-state index contributed by atoms with van der Waals surface area (Å²) in [5.41, 5.74) is 3.83. The van der Waals surface area contributed by atoms with E-state index in [0.717, 1.165) is 37.9 Å². The van der Waals surface area contributed by atoms with E-state index in [0.29, 0.717) is 17.9 Å². The van der Waals surface area contributed by atoms with Gasteiger partial charge in [-0.2, -0.15) is 0 Å². The molecular formula is C45H42N3O8PS. The number of benzene rings is 6. The molecular weight excluding hydrogens is 774 g/mol. The minimum Gasteiger partial charge on any atom is -0.497 e. The van der Waals surface area contributed by atoms with Crippen LogP contribution in [-0.2, 0) is 43.0 Å². The smallest absolute Gasteiger partial charge is 0.497 e. The predicted octanol–water partition coefficient (Wildman–Crippen LogP) is 8.16. The van der Waals surface area contributed by atoms with Crippen molar-refractivity contribution < 1.29 is 37.6 Å². The number of aryl methyl sites for hydroxylation is 1. The molecule has 0 saturated carbocycles. The van der Waals surface area contributed by atoms with Crippen LogP contribution in [0.1, 0.15) is 33.9 Å². The minimum absolute atomic E-state index is 0.0428. The molecule has 6 aromatic rings. The number of thioether (sulfide) groups is 1. The van der Waals surface area contributed by atoms with Crippen LogP contribution in [0.15, 0.2) is 150 Å². The van der Waals surface area contributed by atoms with Crippen molar-refractivity contribution in [3.05, 3.63) is 168 Å². The molecule has 3 N–H and O–H groups in total. The average molecular weight is 816 g/mol. The highest BCUT2D eigenvalue weighted by molar-refractivity contribution is 7.99. The molecule has 1 heterocycles. The molecule has 0 aromatic heterocycles. The van der Waals surface area contributed by atoms with Crippen molar-refractivity contribution >= 4 is 53.8 Å². The van der Waals surface area contributed by atoms with E-state index >= 15 is 0 Å². The van der Waals surface area contributed by atoms with E-state index in [2.05, 4.69) is 10.6 Å². The van der Waals surface area contributed by atoms with E-state index in [4.69, 9.17) is 13.8 Å². The number of methoxy groups -OCH3 is 1. The second-order valence-corrected chi connectivity index (χ2v) is 16.2. The lowest BCUT2D eigenvalue weighted by atomic mass is 10.0. The van der Waals surface area contributed by atoms with Gasteiger partial charge < -0.3 is 24.8 Å². The maximum absolute atomic E-state index is 14.7. The van der Waals surface area contributed by atoms with Gasteiger partial charge in [-0.1, -0.05) is 109 Å². The third-order valence-corrected chi connectivity index (χ3v) is 12.0. The fraction of sp³-hybridized carbons (Fsp3) is 0.178. The molecule has 296 valence electrons. The van der Waals surface area contributed by atoms with Crippen molar-refractivity contribution in [2.24, 2.45) is 0 Å². The summed E-state index contributed by atoms with van der Waals surface area (Å²) in [4.78, 5) is 54.6. The Labute approximate surface area is 341 Å². The standard InChI is InChI=1S/C45H42N3O8PS/c1-54-36-25-21-34(22-26-36)44-43(47-41(49)27-20-31-18-23-37(24-19-31)56-57(52,53)55-30-32-10-3-2-4-11-32)45(51)48(39-16-7-8-17-40(39)58-44)29-42(50)46-28-35-14-9-13-33-12-5-6-15-38(33)35/h2-19,21-26,43-44H,20,27-30H2,1H3,(H,46,50)(H,47,49)(H,52,53)/t43-,44-/m1/s1. The summed E-state index contributed by atoms with van der Waals surface area (Å²) in [5.74, 6) is -0.343. The molecule has 3 amide bonds. The number of fused-ring (bicyclic) bond motifs is 2. The lowest BCUT2D eigenvalue weighted by Crippen LogP contribution is -2.52. The van der Waals surface area contributed by atoms with Gasteiger partial charge in [0.1, 0.15) is 24.1 Å². The lowest BCUT2D eigenvalue weighted by Gasteiger charge is -2.28. The summed E-state index contributed by atoms with van der Waals surface area (Å²) in [6.07, 6.45) is 0.357. The van der Waals surface area contributed by atoms with Gasteiger partial charge in [-0.15, -0.1) is 11.8 Å². The highest BCUT2D eigenvalue weighted by Gasteiger charge is 2.40. The number of ether oxygens (including phenoxy) is 1. The minimum atomic E-state index is -4.39. The largest absolute Gasteiger partial charge is 0.527 e. The zero-order valence-electron chi connectivity index (χ0n) is 31.7. The summed E-state index contributed by atoms with van der Waals surface area (Å²) in [6.45, 7) is -0.0663. The normalized spacial score (nSPS) is 16.1. The molecule has 13 heteroatoms. The number of nitrogens with zero attached hydrogens (tertiary/aromatic N) is 1. The Morgan fingerprint density at radius 3 is 2.24 bits per heavy atom. The van der Waals surface area contributed by atoms with Crippen LogP contribution in [0.4, 0.5) is 5.69 Å². The van der Waals surface area contributed by atoms with E-state index < -0.39 is 25.0 Å². The second-order valence-electron chi connectivity index (χ2n) is 13.6. The number of carbonyl (C=O) groups excluding carboxylic acids is 3. The van der Waals surface area contributed by atoms with Crippen LogP contribution < -0.4 is 24.8 Å². The first-order valence-corrected chi connectivity index (χ1v) is 21.1. The highest BCUT2D eigenvalue weighted by atomic mass is 32.2. The number of amides is 3. The van der Waals surface area contributed by atoms with E-state index in [-0.39, 0.29) is 43.7 Å². The number of hydrogen-bond acceptors (Lipinski definition) is 8. The SMILES string of the molecule is COc1ccc([C@H]2Sc3ccccc3N(CC(=O)NCc3cccc4ccccc34)C(=O)[C@@H]2NC(=O)CCc2ccc(OP(=O)(O)OCc3ccccc3)cc2)cc1. The number of para-hydroxylation sites is 1. The molecule has 6 aromatic carbocycles. The Morgan fingerprint density at radius 1 is 0.776 bits per heavy atom. The number of anilines is 1. The first-order valence-electron chi connectivity index (χ1n) is 18.7. The Bertz CT molecular complexity index is 2430. The molecule has 0 fully saturated rings. The molecule has 7 rings (SSSR count). The second kappa shape index (κ2) is 18.6. The van der Waals surface area contributed by atoms with Gasteiger partial charge in [0, 0.05) is 17.9 Å². The molecule has 0 aliphatic carbocycles. The summed E-state index contributed by atoms with van der Waals surface area (Å²) in [6, 6.07) is 43.1. The van der Waals surface area contributed by atoms with Crippen LogP contribution in [-0.4, -0.2) is 42.3 Å². The maximum Gasteiger partial charge on any atom is 0.527 e. The van der Waals surface area contributed by atoms with Crippen LogP contribution in [0.25, 0.3) is 10.8 Å². The monoisotopic (exact) mass is 815 g/mol. The number of nitrogens with one attached hydrogen (secondary N) is 2. The van der Waals surface area contributed by atoms with Gasteiger partial charge in [0.2, 0.25) is 11.8 Å². The van der Waals surface area contributed by atoms with Crippen LogP contribution >= 0.6 is 19.6 Å². The first-order chi connectivity index (χ1) is 28.2. The van der Waals surface area contributed by atoms with Gasteiger partial charge in [0.05, 0.1) is 24.7 Å². The molecule has 0 radical (unpaired) electrons. The quantitative estimate of drug-likeness (QED) is 0.0876. The number of hydrogen-bond donors (Lipinski definition) is 3. The summed E-state index contributed by atoms with van der Waals surface area (Å²) < 4.78 is 28.3. The van der Waals surface area contributed by atoms with E-state index in [1.807, 2.05) is 97.1 Å². The maximum atomic E-state index is 14.7. The summed E-state index contributed by atoms with van der Waals surface area (Å²) >= 11 is 1.45. The van der Waals surface area contributed by atoms with E-state index in [9.17, 15) is 23.8 Å². The van der Waals surface area contributed by atoms with Crippen LogP contribution in [0.2, 0.25) is 0 Å². The molecule has 11 nitrogen and oxygen atoms in total. The van der Waals surface area contributed by atoms with Crippen LogP contribution in [0.5, 0.6) is 11.5 Å². The van der Waals surface area contributed by atoms with E-state index in [1.165, 1.54) is 28.8 Å². The van der Waals surface area contributed by atoms with Gasteiger partial charge in [-0.3, -0.25) is 23.8 Å². The summed E-state index contributed by atoms with van der Waals surface area (Å²) in [7, 11) is -2.81. The Kier molecular flexibility index (Phi) is 12.9. The number of phosphoric acid groups is 1. The lowest BCUT2D eigenvalue weighted by molar-refractivity contribution is -0.128. The highest BCUT2D eigenvalue weighted by Crippen LogP contribution is 2.46. The summed E-state index contributed by atoms with van der Waals surface area (Å²) in [5, 5.41) is 7.58. The van der Waals surface area contributed by atoms with Crippen LogP contribution in [0, 0.1) is 0 Å². The predicted molar refractivity (Wildman–Crippen MR) is 225 cm³/mol. The van der Waals surface area contributed by atoms with Gasteiger partial charge >= 0.3 is 7.82 Å². The topological polar surface area (TPSA) is 144 Å². The van der Waals surface area contributed by atoms with Crippen molar-refractivity contribution in [3.63, 3.8) is 0 Å². The number of rotatable bonds is 15. The molecule has 0 spiro atoms. The average Bonchev–Trinajstić information content (AvgIpc) is 3.35.